The van der Waals surface area contributed by atoms with E-state index >= 15 is 0 Å². The van der Waals surface area contributed by atoms with E-state index in [1.165, 1.54) is 24.0 Å². The minimum absolute atomic E-state index is 0.349. The number of rotatable bonds is 6. The van der Waals surface area contributed by atoms with Crippen LogP contribution in [0.5, 0.6) is 0 Å². The molecule has 34 heavy (non-hydrogen) atoms. The van der Waals surface area contributed by atoms with Crippen LogP contribution in [-0.4, -0.2) is 63.7 Å². The SMILES string of the molecule is COC1(c2ccc(C)c(C(O)c3ccc(-c4ccc(C)cc4)s3)c2)O[C@H](CO)[C@@H](O)[C@H](O)[C@H]1O. The molecule has 0 aliphatic carbocycles. The monoisotopic (exact) mass is 486 g/mol. The summed E-state index contributed by atoms with van der Waals surface area (Å²) in [6.07, 6.45) is -6.82. The van der Waals surface area contributed by atoms with E-state index in [0.29, 0.717) is 11.1 Å². The van der Waals surface area contributed by atoms with Crippen molar-refractivity contribution in [2.45, 2.75) is 50.2 Å². The lowest BCUT2D eigenvalue weighted by atomic mass is 9.86. The van der Waals surface area contributed by atoms with Gasteiger partial charge in [-0.3, -0.25) is 0 Å². The summed E-state index contributed by atoms with van der Waals surface area (Å²) in [6, 6.07) is 17.1. The Morgan fingerprint density at radius 1 is 1.00 bits per heavy atom. The number of methoxy groups -OCH3 is 1. The largest absolute Gasteiger partial charge is 0.394 e. The van der Waals surface area contributed by atoms with E-state index in [4.69, 9.17) is 9.47 Å². The maximum atomic E-state index is 11.3. The highest BCUT2D eigenvalue weighted by Gasteiger charge is 2.55. The van der Waals surface area contributed by atoms with Crippen LogP contribution >= 0.6 is 11.3 Å². The quantitative estimate of drug-likeness (QED) is 0.363. The van der Waals surface area contributed by atoms with Crippen molar-refractivity contribution in [2.24, 2.45) is 0 Å². The first-order valence-corrected chi connectivity index (χ1v) is 11.9. The highest BCUT2D eigenvalue weighted by molar-refractivity contribution is 7.15. The molecule has 4 rings (SSSR count). The van der Waals surface area contributed by atoms with Crippen molar-refractivity contribution in [2.75, 3.05) is 13.7 Å². The van der Waals surface area contributed by atoms with E-state index in [-0.39, 0.29) is 0 Å². The third-order valence-corrected chi connectivity index (χ3v) is 7.65. The van der Waals surface area contributed by atoms with Gasteiger partial charge in [0, 0.05) is 22.4 Å². The van der Waals surface area contributed by atoms with Gasteiger partial charge in [-0.1, -0.05) is 42.0 Å². The van der Waals surface area contributed by atoms with Gasteiger partial charge in [0.05, 0.1) is 6.61 Å². The molecule has 5 N–H and O–H groups in total. The van der Waals surface area contributed by atoms with Crippen LogP contribution in [0.3, 0.4) is 0 Å². The second kappa shape index (κ2) is 9.85. The highest BCUT2D eigenvalue weighted by Crippen LogP contribution is 2.42. The van der Waals surface area contributed by atoms with Gasteiger partial charge < -0.3 is 35.0 Å². The Morgan fingerprint density at radius 2 is 1.71 bits per heavy atom. The zero-order valence-electron chi connectivity index (χ0n) is 19.3. The van der Waals surface area contributed by atoms with Crippen molar-refractivity contribution >= 4 is 11.3 Å². The molecule has 0 saturated carbocycles. The second-order valence-electron chi connectivity index (χ2n) is 8.68. The van der Waals surface area contributed by atoms with Gasteiger partial charge in [-0.15, -0.1) is 11.3 Å². The minimum atomic E-state index is -1.84. The lowest BCUT2D eigenvalue weighted by Gasteiger charge is -2.47. The zero-order valence-corrected chi connectivity index (χ0v) is 20.1. The summed E-state index contributed by atoms with van der Waals surface area (Å²) < 4.78 is 11.3. The molecular formula is C26H30O7S. The van der Waals surface area contributed by atoms with E-state index in [2.05, 4.69) is 0 Å². The van der Waals surface area contributed by atoms with Gasteiger partial charge in [-0.25, -0.2) is 0 Å². The molecule has 1 aliphatic rings. The Balaban J connectivity index is 1.70. The van der Waals surface area contributed by atoms with Gasteiger partial charge in [0.15, 0.2) is 0 Å². The smallest absolute Gasteiger partial charge is 0.224 e. The first-order valence-electron chi connectivity index (χ1n) is 11.1. The standard InChI is InChI=1S/C26H30O7S/c1-14-4-7-16(8-5-14)20-10-11-21(34-20)22(28)18-12-17(9-6-15(18)2)26(32-3)25(31)24(30)23(29)19(13-27)33-26/h4-12,19,22-25,27-31H,13H2,1-3H3/t19-,22?,23-,24+,25-,26?/m1/s1. The molecule has 1 aliphatic heterocycles. The molecule has 182 valence electrons. The van der Waals surface area contributed by atoms with Crippen molar-refractivity contribution < 1.29 is 35.0 Å². The van der Waals surface area contributed by atoms with Gasteiger partial charge in [0.2, 0.25) is 5.79 Å². The molecule has 1 aromatic heterocycles. The molecule has 2 unspecified atom stereocenters. The number of aliphatic hydroxyl groups excluding tert-OH is 5. The molecule has 0 amide bonds. The van der Waals surface area contributed by atoms with Crippen molar-refractivity contribution in [3.05, 3.63) is 81.7 Å². The normalized spacial score (nSPS) is 28.1. The Kier molecular flexibility index (Phi) is 7.23. The molecule has 1 fully saturated rings. The van der Waals surface area contributed by atoms with Crippen LogP contribution in [0, 0.1) is 13.8 Å². The zero-order chi connectivity index (χ0) is 24.6. The van der Waals surface area contributed by atoms with Crippen LogP contribution in [0.2, 0.25) is 0 Å². The Labute approximate surface area is 202 Å². The Hall–Kier alpha value is -2.14. The summed E-state index contributed by atoms with van der Waals surface area (Å²) in [5.41, 5.74) is 4.00. The third kappa shape index (κ3) is 4.32. The van der Waals surface area contributed by atoms with E-state index in [9.17, 15) is 25.5 Å². The molecule has 0 bridgehead atoms. The molecule has 1 saturated heterocycles. The van der Waals surface area contributed by atoms with E-state index in [1.807, 2.05) is 50.2 Å². The lowest BCUT2D eigenvalue weighted by Crippen LogP contribution is -2.64. The van der Waals surface area contributed by atoms with Gasteiger partial charge in [-0.05, 0) is 48.7 Å². The Bertz CT molecular complexity index is 1130. The number of hydrogen-bond acceptors (Lipinski definition) is 8. The molecule has 6 atom stereocenters. The fourth-order valence-electron chi connectivity index (χ4n) is 4.34. The summed E-state index contributed by atoms with van der Waals surface area (Å²) in [7, 11) is 1.31. The first kappa shape index (κ1) is 25.0. The maximum Gasteiger partial charge on any atom is 0.224 e. The summed E-state index contributed by atoms with van der Waals surface area (Å²) >= 11 is 1.49. The summed E-state index contributed by atoms with van der Waals surface area (Å²) in [5.74, 6) is -1.84. The first-order chi connectivity index (χ1) is 16.2. The van der Waals surface area contributed by atoms with Crippen LogP contribution in [0.25, 0.3) is 10.4 Å². The van der Waals surface area contributed by atoms with Crippen LogP contribution in [-0.2, 0) is 15.3 Å². The Morgan fingerprint density at radius 3 is 2.35 bits per heavy atom. The second-order valence-corrected chi connectivity index (χ2v) is 9.79. The number of thiophene rings is 1. The van der Waals surface area contributed by atoms with Crippen molar-refractivity contribution in [3.8, 4) is 10.4 Å². The number of benzene rings is 2. The average molecular weight is 487 g/mol. The summed E-state index contributed by atoms with van der Waals surface area (Å²) in [4.78, 5) is 1.78. The van der Waals surface area contributed by atoms with Gasteiger partial charge in [0.25, 0.3) is 0 Å². The van der Waals surface area contributed by atoms with E-state index in [0.717, 1.165) is 20.9 Å². The molecule has 0 spiro atoms. The number of hydrogen-bond donors (Lipinski definition) is 5. The third-order valence-electron chi connectivity index (χ3n) is 6.46. The predicted molar refractivity (Wildman–Crippen MR) is 128 cm³/mol. The van der Waals surface area contributed by atoms with Crippen LogP contribution in [0.4, 0.5) is 0 Å². The molecule has 7 nitrogen and oxygen atoms in total. The molecule has 0 radical (unpaired) electrons. The summed E-state index contributed by atoms with van der Waals surface area (Å²) in [5, 5.41) is 52.2. The van der Waals surface area contributed by atoms with Gasteiger partial charge >= 0.3 is 0 Å². The molecule has 2 aromatic carbocycles. The highest BCUT2D eigenvalue weighted by atomic mass is 32.1. The lowest BCUT2D eigenvalue weighted by molar-refractivity contribution is -0.366. The fourth-order valence-corrected chi connectivity index (χ4v) is 5.36. The average Bonchev–Trinajstić information content (AvgIpc) is 3.34. The molecule has 3 aromatic rings. The number of ether oxygens (including phenoxy) is 2. The fraction of sp³-hybridized carbons (Fsp3) is 0.385. The van der Waals surface area contributed by atoms with Crippen molar-refractivity contribution in [3.63, 3.8) is 0 Å². The molecular weight excluding hydrogens is 456 g/mol. The number of aliphatic hydroxyl groups is 5. The maximum absolute atomic E-state index is 11.3. The minimum Gasteiger partial charge on any atom is -0.394 e. The van der Waals surface area contributed by atoms with Crippen LogP contribution in [0.1, 0.15) is 33.2 Å². The van der Waals surface area contributed by atoms with Crippen LogP contribution in [0.15, 0.2) is 54.6 Å². The molecule has 2 heterocycles. The summed E-state index contributed by atoms with van der Waals surface area (Å²) in [6.45, 7) is 3.32. The van der Waals surface area contributed by atoms with Crippen LogP contribution < -0.4 is 0 Å². The number of aryl methyl sites for hydroxylation is 2. The van der Waals surface area contributed by atoms with Crippen molar-refractivity contribution in [1.29, 1.82) is 0 Å². The van der Waals surface area contributed by atoms with Gasteiger partial charge in [0.1, 0.15) is 30.5 Å². The predicted octanol–water partition coefficient (Wildman–Crippen LogP) is 2.39. The molecule has 8 heteroatoms. The van der Waals surface area contributed by atoms with Gasteiger partial charge in [-0.2, -0.15) is 0 Å². The van der Waals surface area contributed by atoms with E-state index < -0.39 is 42.9 Å². The van der Waals surface area contributed by atoms with E-state index in [1.54, 1.807) is 18.2 Å². The topological polar surface area (TPSA) is 120 Å². The van der Waals surface area contributed by atoms with Crippen molar-refractivity contribution in [1.82, 2.24) is 0 Å².